The summed E-state index contributed by atoms with van der Waals surface area (Å²) in [4.78, 5) is 25.7. The maximum Gasteiger partial charge on any atom is 0.435 e. The second-order valence-corrected chi connectivity index (χ2v) is 4.73. The molecule has 0 atom stereocenters. The Balaban J connectivity index is 1.98. The van der Waals surface area contributed by atoms with Gasteiger partial charge in [-0.2, -0.15) is 18.3 Å². The zero-order valence-electron chi connectivity index (χ0n) is 11.6. The van der Waals surface area contributed by atoms with Gasteiger partial charge in [0.05, 0.1) is 4.92 Å². The number of nitro groups is 1. The van der Waals surface area contributed by atoms with Crippen molar-refractivity contribution >= 4 is 16.8 Å². The third-order valence-electron chi connectivity index (χ3n) is 3.07. The molecule has 2 heterocycles. The number of benzene rings is 1. The summed E-state index contributed by atoms with van der Waals surface area (Å²) in [5.41, 5.74) is -1.85. The van der Waals surface area contributed by atoms with E-state index in [1.807, 2.05) is 0 Å². The molecule has 0 aliphatic heterocycles. The number of non-ortho nitro benzene ring substituents is 1. The van der Waals surface area contributed by atoms with Crippen LogP contribution in [0.15, 0.2) is 39.5 Å². The normalized spacial score (nSPS) is 11.8. The Morgan fingerprint density at radius 3 is 2.67 bits per heavy atom. The summed E-state index contributed by atoms with van der Waals surface area (Å²) in [6.45, 7) is -0.439. The molecule has 3 rings (SSSR count). The summed E-state index contributed by atoms with van der Waals surface area (Å²) in [5, 5.41) is 13.9. The number of alkyl halides is 3. The van der Waals surface area contributed by atoms with Crippen molar-refractivity contribution in [3.05, 3.63) is 62.4 Å². The standard InChI is InChI=1S/C13H7F3N4O4/c14-13(15,16)10-3-4-12(21)19(18-10)6-11-17-8-5-7(20(22)23)1-2-9(8)24-11/h1-5H,6H2. The van der Waals surface area contributed by atoms with Gasteiger partial charge in [0.15, 0.2) is 11.3 Å². The molecule has 0 N–H and O–H groups in total. The molecular weight excluding hydrogens is 333 g/mol. The summed E-state index contributed by atoms with van der Waals surface area (Å²) in [6, 6.07) is 4.99. The zero-order chi connectivity index (χ0) is 17.5. The van der Waals surface area contributed by atoms with Crippen LogP contribution in [0.1, 0.15) is 11.6 Å². The van der Waals surface area contributed by atoms with Gasteiger partial charge in [-0.15, -0.1) is 0 Å². The Bertz CT molecular complexity index is 993. The molecule has 0 aliphatic rings. The number of oxazole rings is 1. The van der Waals surface area contributed by atoms with Crippen molar-refractivity contribution in [2.45, 2.75) is 12.7 Å². The highest BCUT2D eigenvalue weighted by atomic mass is 19.4. The molecule has 3 aromatic rings. The number of fused-ring (bicyclic) bond motifs is 1. The van der Waals surface area contributed by atoms with Gasteiger partial charge >= 0.3 is 6.18 Å². The van der Waals surface area contributed by atoms with Crippen molar-refractivity contribution in [1.82, 2.24) is 14.8 Å². The lowest BCUT2D eigenvalue weighted by Gasteiger charge is -2.07. The molecule has 24 heavy (non-hydrogen) atoms. The smallest absolute Gasteiger partial charge is 0.435 e. The minimum atomic E-state index is -4.70. The molecule has 0 amide bonds. The van der Waals surface area contributed by atoms with E-state index in [1.54, 1.807) is 0 Å². The molecule has 0 radical (unpaired) electrons. The van der Waals surface area contributed by atoms with Gasteiger partial charge in [-0.25, -0.2) is 9.67 Å². The molecule has 0 unspecified atom stereocenters. The molecule has 8 nitrogen and oxygen atoms in total. The number of aromatic nitrogens is 3. The van der Waals surface area contributed by atoms with Gasteiger partial charge in [-0.1, -0.05) is 0 Å². The number of hydrogen-bond acceptors (Lipinski definition) is 6. The van der Waals surface area contributed by atoms with Crippen LogP contribution >= 0.6 is 0 Å². The Hall–Kier alpha value is -3.24. The van der Waals surface area contributed by atoms with Gasteiger partial charge in [0.25, 0.3) is 11.2 Å². The van der Waals surface area contributed by atoms with Crippen LogP contribution in [-0.4, -0.2) is 19.7 Å². The van der Waals surface area contributed by atoms with E-state index >= 15 is 0 Å². The van der Waals surface area contributed by atoms with Crippen molar-refractivity contribution in [2.75, 3.05) is 0 Å². The first-order valence-electron chi connectivity index (χ1n) is 6.43. The first kappa shape index (κ1) is 15.6. The van der Waals surface area contributed by atoms with Crippen LogP contribution in [0.25, 0.3) is 11.1 Å². The van der Waals surface area contributed by atoms with Gasteiger partial charge in [-0.3, -0.25) is 14.9 Å². The molecule has 0 aliphatic carbocycles. The first-order valence-corrected chi connectivity index (χ1v) is 6.43. The fraction of sp³-hybridized carbons (Fsp3) is 0.154. The van der Waals surface area contributed by atoms with Crippen LogP contribution in [0, 0.1) is 10.1 Å². The molecular formula is C13H7F3N4O4. The van der Waals surface area contributed by atoms with Crippen LogP contribution < -0.4 is 5.56 Å². The average Bonchev–Trinajstić information content (AvgIpc) is 2.89. The van der Waals surface area contributed by atoms with E-state index in [1.165, 1.54) is 12.1 Å². The van der Waals surface area contributed by atoms with Gasteiger partial charge in [0.1, 0.15) is 12.1 Å². The third kappa shape index (κ3) is 2.95. The Morgan fingerprint density at radius 2 is 2.00 bits per heavy atom. The SMILES string of the molecule is O=c1ccc(C(F)(F)F)nn1Cc1nc2cc([N+](=O)[O-])ccc2o1. The third-order valence-corrected chi connectivity index (χ3v) is 3.07. The quantitative estimate of drug-likeness (QED) is 0.535. The Labute approximate surface area is 130 Å². The van der Waals surface area contributed by atoms with Crippen molar-refractivity contribution in [3.8, 4) is 0 Å². The second kappa shape index (κ2) is 5.44. The predicted molar refractivity (Wildman–Crippen MR) is 73.3 cm³/mol. The molecule has 11 heteroatoms. The van der Waals surface area contributed by atoms with Crippen LogP contribution in [-0.2, 0) is 12.7 Å². The molecule has 1 aromatic carbocycles. The fourth-order valence-electron chi connectivity index (χ4n) is 1.99. The van der Waals surface area contributed by atoms with Crippen LogP contribution in [0.2, 0.25) is 0 Å². The van der Waals surface area contributed by atoms with E-state index in [2.05, 4.69) is 10.1 Å². The zero-order valence-corrected chi connectivity index (χ0v) is 11.6. The first-order chi connectivity index (χ1) is 11.2. The number of halogens is 3. The molecule has 2 aromatic heterocycles. The van der Waals surface area contributed by atoms with Gasteiger partial charge in [0.2, 0.25) is 5.89 Å². The molecule has 0 saturated carbocycles. The van der Waals surface area contributed by atoms with Gasteiger partial charge < -0.3 is 4.42 Å². The van der Waals surface area contributed by atoms with Crippen LogP contribution in [0.5, 0.6) is 0 Å². The number of hydrogen-bond donors (Lipinski definition) is 0. The van der Waals surface area contributed by atoms with Crippen molar-refractivity contribution in [3.63, 3.8) is 0 Å². The predicted octanol–water partition coefficient (Wildman–Crippen LogP) is 2.36. The molecule has 0 saturated heterocycles. The topological polar surface area (TPSA) is 104 Å². The number of rotatable bonds is 3. The summed E-state index contributed by atoms with van der Waals surface area (Å²) in [5.74, 6) is -0.0978. The average molecular weight is 340 g/mol. The van der Waals surface area contributed by atoms with E-state index in [-0.39, 0.29) is 22.7 Å². The lowest BCUT2D eigenvalue weighted by atomic mass is 10.3. The minimum absolute atomic E-state index is 0.0978. The molecule has 124 valence electrons. The second-order valence-electron chi connectivity index (χ2n) is 4.73. The highest BCUT2D eigenvalue weighted by Crippen LogP contribution is 2.26. The van der Waals surface area contributed by atoms with Crippen LogP contribution in [0.4, 0.5) is 18.9 Å². The van der Waals surface area contributed by atoms with Crippen LogP contribution in [0.3, 0.4) is 0 Å². The summed E-state index contributed by atoms with van der Waals surface area (Å²) in [7, 11) is 0. The molecule has 0 bridgehead atoms. The largest absolute Gasteiger partial charge is 0.439 e. The van der Waals surface area contributed by atoms with Crippen molar-refractivity contribution < 1.29 is 22.5 Å². The van der Waals surface area contributed by atoms with E-state index in [4.69, 9.17) is 4.42 Å². The number of nitro benzene ring substituents is 1. The van der Waals surface area contributed by atoms with E-state index in [0.717, 1.165) is 12.1 Å². The highest BCUT2D eigenvalue weighted by Gasteiger charge is 2.33. The summed E-state index contributed by atoms with van der Waals surface area (Å²) < 4.78 is 43.8. The lowest BCUT2D eigenvalue weighted by Crippen LogP contribution is -2.26. The van der Waals surface area contributed by atoms with E-state index in [0.29, 0.717) is 10.7 Å². The molecule has 0 spiro atoms. The van der Waals surface area contributed by atoms with Gasteiger partial charge in [0, 0.05) is 18.2 Å². The Kier molecular flexibility index (Phi) is 3.55. The Morgan fingerprint density at radius 1 is 1.25 bits per heavy atom. The number of nitrogens with zero attached hydrogens (tertiary/aromatic N) is 4. The van der Waals surface area contributed by atoms with E-state index in [9.17, 15) is 28.1 Å². The fourth-order valence-corrected chi connectivity index (χ4v) is 1.99. The lowest BCUT2D eigenvalue weighted by molar-refractivity contribution is -0.384. The minimum Gasteiger partial charge on any atom is -0.439 e. The van der Waals surface area contributed by atoms with Crippen molar-refractivity contribution in [1.29, 1.82) is 0 Å². The summed E-state index contributed by atoms with van der Waals surface area (Å²) >= 11 is 0. The molecule has 0 fully saturated rings. The van der Waals surface area contributed by atoms with E-state index < -0.39 is 28.9 Å². The van der Waals surface area contributed by atoms with Gasteiger partial charge in [-0.05, 0) is 12.1 Å². The van der Waals surface area contributed by atoms with Crippen molar-refractivity contribution in [2.24, 2.45) is 0 Å². The maximum atomic E-state index is 12.6. The maximum absolute atomic E-state index is 12.6. The monoisotopic (exact) mass is 340 g/mol. The highest BCUT2D eigenvalue weighted by molar-refractivity contribution is 5.75. The summed E-state index contributed by atoms with van der Waals surface area (Å²) in [6.07, 6.45) is -4.70.